The monoisotopic (exact) mass is 185 g/mol. The van der Waals surface area contributed by atoms with Crippen LogP contribution in [0.3, 0.4) is 0 Å². The number of nitrogens with zero attached hydrogens (tertiary/aromatic N) is 3. The number of Topliss-reactive ketones (excluding diaryl/α,β-unsaturated/α-hetero) is 1. The van der Waals surface area contributed by atoms with Gasteiger partial charge in [-0.2, -0.15) is 0 Å². The third kappa shape index (κ3) is 3.23. The molecule has 0 radical (unpaired) electrons. The van der Waals surface area contributed by atoms with Gasteiger partial charge in [-0.05, 0) is 6.92 Å². The first-order valence-corrected chi connectivity index (χ1v) is 4.03. The predicted octanol–water partition coefficient (Wildman–Crippen LogP) is -0.0783. The van der Waals surface area contributed by atoms with Crippen LogP contribution in [-0.2, 0) is 9.63 Å². The average molecular weight is 185 g/mol. The fourth-order valence-electron chi connectivity index (χ4n) is 0.850. The molecule has 0 bridgehead atoms. The normalized spacial score (nSPS) is 18.3. The smallest absolute Gasteiger partial charge is 0.174 e. The number of rotatable bonds is 4. The number of carbonyl (C=O) groups is 1. The highest BCUT2D eigenvalue weighted by Crippen LogP contribution is 1.95. The lowest BCUT2D eigenvalue weighted by Gasteiger charge is -2.08. The van der Waals surface area contributed by atoms with Crippen molar-refractivity contribution in [3.8, 4) is 0 Å². The maximum atomic E-state index is 10.5. The number of carbonyl (C=O) groups excluding carboxylic acids is 1. The van der Waals surface area contributed by atoms with Gasteiger partial charge in [0.25, 0.3) is 0 Å². The lowest BCUT2D eigenvalue weighted by molar-refractivity contribution is -0.121. The molecule has 1 rings (SSSR count). The summed E-state index contributed by atoms with van der Waals surface area (Å²) in [7, 11) is 1.83. The van der Waals surface area contributed by atoms with Gasteiger partial charge in [-0.25, -0.2) is 0 Å². The number of ketones is 1. The average Bonchev–Trinajstić information content (AvgIpc) is 2.50. The van der Waals surface area contributed by atoms with Gasteiger partial charge in [0.1, 0.15) is 12.0 Å². The largest absolute Gasteiger partial charge is 0.388 e. The molecule has 13 heavy (non-hydrogen) atoms. The zero-order valence-electron chi connectivity index (χ0n) is 8.78. The summed E-state index contributed by atoms with van der Waals surface area (Å²) >= 11 is 0. The Morgan fingerprint density at radius 2 is 2.77 bits per heavy atom. The van der Waals surface area contributed by atoms with Crippen LogP contribution in [0.25, 0.3) is 0 Å². The van der Waals surface area contributed by atoms with Crippen molar-refractivity contribution in [2.24, 2.45) is 10.1 Å². The number of oxime groups is 1. The van der Waals surface area contributed by atoms with Crippen LogP contribution < -0.4 is 0 Å². The number of likely N-dealkylation sites (N-methyl/N-ethyl adjacent to an activating group) is 1. The molecular weight excluding hydrogens is 170 g/mol. The van der Waals surface area contributed by atoms with E-state index in [2.05, 4.69) is 15.0 Å². The zero-order chi connectivity index (χ0) is 10.6. The van der Waals surface area contributed by atoms with Crippen LogP contribution in [-0.4, -0.2) is 49.5 Å². The second-order valence-corrected chi connectivity index (χ2v) is 2.81. The highest BCUT2D eigenvalue weighted by molar-refractivity contribution is 6.29. The first-order chi connectivity index (χ1) is 6.61. The van der Waals surface area contributed by atoms with E-state index in [-0.39, 0.29) is 18.6 Å². The van der Waals surface area contributed by atoms with E-state index in [4.69, 9.17) is 1.37 Å². The molecule has 0 fully saturated rings. The summed E-state index contributed by atoms with van der Waals surface area (Å²) in [5.41, 5.74) is 0. The molecule has 0 atom stereocenters. The number of amidine groups is 1. The zero-order valence-corrected chi connectivity index (χ0v) is 7.78. The molecule has 1 aliphatic rings. The van der Waals surface area contributed by atoms with Crippen molar-refractivity contribution in [3.05, 3.63) is 0 Å². The highest BCUT2D eigenvalue weighted by atomic mass is 16.6. The number of aliphatic imine (C=N–C) groups is 1. The van der Waals surface area contributed by atoms with Crippen LogP contribution in [0.15, 0.2) is 10.1 Å². The van der Waals surface area contributed by atoms with E-state index in [0.717, 1.165) is 6.54 Å². The van der Waals surface area contributed by atoms with Crippen molar-refractivity contribution in [2.75, 3.05) is 26.7 Å². The van der Waals surface area contributed by atoms with Gasteiger partial charge in [-0.15, -0.1) is 0 Å². The molecule has 1 heterocycles. The molecular formula is C8H13N3O2. The van der Waals surface area contributed by atoms with Crippen LogP contribution in [0.1, 0.15) is 8.29 Å². The van der Waals surface area contributed by atoms with Crippen molar-refractivity contribution < 1.29 is 11.0 Å². The molecule has 0 aromatic heterocycles. The van der Waals surface area contributed by atoms with Crippen molar-refractivity contribution in [2.45, 2.75) is 6.92 Å². The van der Waals surface area contributed by atoms with Gasteiger partial charge in [0.05, 0.1) is 7.92 Å². The summed E-state index contributed by atoms with van der Waals surface area (Å²) in [5, 5.41) is 3.49. The minimum atomic E-state index is -0.122. The molecule has 72 valence electrons. The van der Waals surface area contributed by atoms with Crippen molar-refractivity contribution in [1.29, 1.82) is 0 Å². The van der Waals surface area contributed by atoms with E-state index in [1.807, 2.05) is 11.9 Å². The Kier molecular flexibility index (Phi) is 2.90. The third-order valence-corrected chi connectivity index (χ3v) is 1.54. The van der Waals surface area contributed by atoms with Gasteiger partial charge in [0.15, 0.2) is 12.4 Å². The van der Waals surface area contributed by atoms with Crippen molar-refractivity contribution in [1.82, 2.24) is 4.90 Å². The molecule has 0 aliphatic carbocycles. The quantitative estimate of drug-likeness (QED) is 0.455. The molecule has 5 heteroatoms. The Morgan fingerprint density at radius 1 is 2.00 bits per heavy atom. The molecule has 0 aromatic carbocycles. The van der Waals surface area contributed by atoms with Crippen LogP contribution in [0, 0.1) is 0 Å². The summed E-state index contributed by atoms with van der Waals surface area (Å²) in [5.74, 6) is 0.386. The van der Waals surface area contributed by atoms with Crippen LogP contribution in [0.4, 0.5) is 0 Å². The molecule has 0 unspecified atom stereocenters. The van der Waals surface area contributed by atoms with Gasteiger partial charge in [0.2, 0.25) is 0 Å². The number of hydrogen-bond donors (Lipinski definition) is 0. The highest BCUT2D eigenvalue weighted by Gasteiger charge is 2.09. The van der Waals surface area contributed by atoms with Crippen LogP contribution in [0.5, 0.6) is 0 Å². The van der Waals surface area contributed by atoms with E-state index >= 15 is 0 Å². The SMILES string of the molecule is [3H]C(=NOCC(C)=O)C1=NCCN1C. The Labute approximate surface area is 78.5 Å². The van der Waals surface area contributed by atoms with E-state index in [9.17, 15) is 4.79 Å². The van der Waals surface area contributed by atoms with Gasteiger partial charge < -0.3 is 9.74 Å². The Balaban J connectivity index is 2.47. The van der Waals surface area contributed by atoms with E-state index in [0.29, 0.717) is 12.4 Å². The second-order valence-electron chi connectivity index (χ2n) is 2.81. The Hall–Kier alpha value is -1.39. The van der Waals surface area contributed by atoms with E-state index in [1.54, 1.807) is 0 Å². The topological polar surface area (TPSA) is 54.3 Å². The van der Waals surface area contributed by atoms with Gasteiger partial charge >= 0.3 is 0 Å². The summed E-state index contributed by atoms with van der Waals surface area (Å²) < 4.78 is 7.49. The molecule has 0 amide bonds. The van der Waals surface area contributed by atoms with E-state index in [1.165, 1.54) is 6.92 Å². The minimum Gasteiger partial charge on any atom is -0.388 e. The number of hydrogen-bond acceptors (Lipinski definition) is 5. The fraction of sp³-hybridized carbons (Fsp3) is 0.625. The van der Waals surface area contributed by atoms with Crippen molar-refractivity contribution in [3.63, 3.8) is 0 Å². The lowest BCUT2D eigenvalue weighted by Crippen LogP contribution is -2.23. The fourth-order valence-corrected chi connectivity index (χ4v) is 0.850. The third-order valence-electron chi connectivity index (χ3n) is 1.54. The molecule has 0 aromatic rings. The van der Waals surface area contributed by atoms with Crippen molar-refractivity contribution >= 4 is 17.8 Å². The molecule has 0 saturated heterocycles. The summed E-state index contributed by atoms with van der Waals surface area (Å²) in [6, 6.07) is 0. The summed E-state index contributed by atoms with van der Waals surface area (Å²) in [4.78, 5) is 21.1. The van der Waals surface area contributed by atoms with Crippen LogP contribution in [0.2, 0.25) is 0 Å². The van der Waals surface area contributed by atoms with Gasteiger partial charge in [-0.3, -0.25) is 9.79 Å². The summed E-state index contributed by atoms with van der Waals surface area (Å²) in [6.07, 6.45) is -0.0359. The predicted molar refractivity (Wildman–Crippen MR) is 50.1 cm³/mol. The molecule has 0 saturated carbocycles. The van der Waals surface area contributed by atoms with Gasteiger partial charge in [0, 0.05) is 13.6 Å². The first kappa shape index (κ1) is 8.22. The molecule has 0 spiro atoms. The Morgan fingerprint density at radius 3 is 3.31 bits per heavy atom. The molecule has 0 N–H and O–H groups in total. The first-order valence-electron chi connectivity index (χ1n) is 4.53. The standard InChI is InChI=1S/C8H13N3O2/c1-7(12)6-13-10-5-8-9-3-4-11(8)2/h5H,3-4,6H2,1-2H3/i5T. The molecule has 5 nitrogen and oxygen atoms in total. The van der Waals surface area contributed by atoms with Gasteiger partial charge in [-0.1, -0.05) is 5.16 Å². The summed E-state index contributed by atoms with van der Waals surface area (Å²) in [6.45, 7) is 2.77. The van der Waals surface area contributed by atoms with E-state index < -0.39 is 0 Å². The Bertz CT molecular complexity index is 288. The minimum absolute atomic E-state index is 0.0359. The molecule has 1 aliphatic heterocycles. The second kappa shape index (κ2) is 4.59. The maximum Gasteiger partial charge on any atom is 0.174 e. The van der Waals surface area contributed by atoms with Crippen LogP contribution >= 0.6 is 0 Å². The lowest BCUT2D eigenvalue weighted by atomic mass is 10.5. The maximum absolute atomic E-state index is 10.5.